The lowest BCUT2D eigenvalue weighted by molar-refractivity contribution is 0.0279. The van der Waals surface area contributed by atoms with Gasteiger partial charge in [0.2, 0.25) is 0 Å². The van der Waals surface area contributed by atoms with Gasteiger partial charge in [-0.25, -0.2) is 4.79 Å². The lowest BCUT2D eigenvalue weighted by Crippen LogP contribution is -2.34. The third-order valence-electron chi connectivity index (χ3n) is 5.37. The molecule has 0 bridgehead atoms. The normalized spacial score (nSPS) is 11.7. The summed E-state index contributed by atoms with van der Waals surface area (Å²) in [6.45, 7) is 7.02. The molecule has 1 amide bonds. The van der Waals surface area contributed by atoms with Gasteiger partial charge in [0.15, 0.2) is 0 Å². The van der Waals surface area contributed by atoms with Crippen molar-refractivity contribution in [3.63, 3.8) is 0 Å². The Bertz CT molecular complexity index is 1270. The van der Waals surface area contributed by atoms with E-state index in [1.54, 1.807) is 7.05 Å². The van der Waals surface area contributed by atoms with Crippen LogP contribution in [0.5, 0.6) is 5.75 Å². The Morgan fingerprint density at radius 1 is 0.905 bits per heavy atom. The molecule has 0 aliphatic rings. The molecule has 0 heterocycles. The van der Waals surface area contributed by atoms with Crippen LogP contribution in [-0.2, 0) is 28.5 Å². The second-order valence-electron chi connectivity index (χ2n) is 10.00. The molecule has 0 radical (unpaired) electrons. The molecule has 2 rings (SSSR count). The van der Waals surface area contributed by atoms with Crippen LogP contribution in [-0.4, -0.2) is 79.1 Å². The average molecular weight is 605 g/mol. The second-order valence-corrected chi connectivity index (χ2v) is 11.8. The number of nitrogens with zero attached hydrogens (tertiary/aromatic N) is 4. The van der Waals surface area contributed by atoms with E-state index in [4.69, 9.17) is 28.7 Å². The van der Waals surface area contributed by atoms with Gasteiger partial charge in [0.25, 0.3) is 10.1 Å². The fraction of sp³-hybridized carbons (Fsp3) is 0.483. The predicted molar refractivity (Wildman–Crippen MR) is 162 cm³/mol. The van der Waals surface area contributed by atoms with Crippen molar-refractivity contribution in [2.45, 2.75) is 32.8 Å². The number of rotatable bonds is 18. The Morgan fingerprint density at radius 3 is 2.02 bits per heavy atom. The Balaban J connectivity index is 1.60. The van der Waals surface area contributed by atoms with E-state index >= 15 is 0 Å². The second kappa shape index (κ2) is 18.0. The summed E-state index contributed by atoms with van der Waals surface area (Å²) in [5, 5.41) is 3.28. The van der Waals surface area contributed by atoms with Gasteiger partial charge in [-0.2, -0.15) is 8.42 Å². The van der Waals surface area contributed by atoms with Gasteiger partial charge in [-0.05, 0) is 68.1 Å². The zero-order valence-electron chi connectivity index (χ0n) is 24.6. The fourth-order valence-corrected chi connectivity index (χ4v) is 4.21. The Morgan fingerprint density at radius 2 is 1.45 bits per heavy atom. The fourth-order valence-electron chi connectivity index (χ4n) is 3.29. The molecule has 2 aromatic rings. The maximum absolute atomic E-state index is 12.2. The number of azide groups is 1. The Kier molecular flexibility index (Phi) is 14.9. The number of ether oxygens (including phenoxy) is 4. The summed E-state index contributed by atoms with van der Waals surface area (Å²) in [6, 6.07) is 15.3. The summed E-state index contributed by atoms with van der Waals surface area (Å²) < 4.78 is 49.9. The van der Waals surface area contributed by atoms with Crippen molar-refractivity contribution < 1.29 is 36.3 Å². The van der Waals surface area contributed by atoms with Gasteiger partial charge in [0.05, 0.1) is 38.8 Å². The Labute approximate surface area is 247 Å². The third-order valence-corrected chi connectivity index (χ3v) is 6.69. The van der Waals surface area contributed by atoms with Crippen molar-refractivity contribution in [1.29, 1.82) is 0 Å². The van der Waals surface area contributed by atoms with E-state index in [1.165, 1.54) is 4.90 Å². The molecule has 0 spiro atoms. The van der Waals surface area contributed by atoms with E-state index in [1.807, 2.05) is 81.5 Å². The smallest absolute Gasteiger partial charge is 0.414 e. The van der Waals surface area contributed by atoms with Crippen molar-refractivity contribution >= 4 is 34.1 Å². The van der Waals surface area contributed by atoms with Crippen LogP contribution in [0.3, 0.4) is 0 Å². The van der Waals surface area contributed by atoms with E-state index in [9.17, 15) is 13.2 Å². The van der Waals surface area contributed by atoms with Gasteiger partial charge in [-0.15, -0.1) is 0 Å². The van der Waals surface area contributed by atoms with Crippen LogP contribution in [0.25, 0.3) is 22.6 Å². The first-order valence-corrected chi connectivity index (χ1v) is 15.1. The topological polar surface area (TPSA) is 149 Å². The summed E-state index contributed by atoms with van der Waals surface area (Å²) in [5.74, 6) is 0.514. The molecule has 0 saturated carbocycles. The van der Waals surface area contributed by atoms with E-state index in [-0.39, 0.29) is 31.9 Å². The van der Waals surface area contributed by atoms with Gasteiger partial charge in [-0.3, -0.25) is 9.08 Å². The highest BCUT2D eigenvalue weighted by Gasteiger charge is 2.20. The molecule has 0 N–H and O–H groups in total. The number of carbonyl (C=O) groups is 1. The SMILES string of the molecule is CN(C(=O)OC(C)(C)C)c1ccc(/C=C/c2ccc(OCCOCCOCCOS(=O)(=O)CCCN=[N+]=[N-])cc2)cc1. The van der Waals surface area contributed by atoms with E-state index in [0.29, 0.717) is 26.4 Å². The molecular weight excluding hydrogens is 564 g/mol. The molecule has 42 heavy (non-hydrogen) atoms. The van der Waals surface area contributed by atoms with E-state index in [2.05, 4.69) is 10.0 Å². The zero-order chi connectivity index (χ0) is 30.8. The molecule has 12 nitrogen and oxygen atoms in total. The van der Waals surface area contributed by atoms with Crippen molar-refractivity contribution in [2.75, 3.05) is 63.9 Å². The van der Waals surface area contributed by atoms with Crippen LogP contribution in [0.2, 0.25) is 0 Å². The number of anilines is 1. The lowest BCUT2D eigenvalue weighted by Gasteiger charge is -2.24. The van der Waals surface area contributed by atoms with Crippen LogP contribution in [0.15, 0.2) is 53.6 Å². The highest BCUT2D eigenvalue weighted by atomic mass is 32.2. The third kappa shape index (κ3) is 14.9. The summed E-state index contributed by atoms with van der Waals surface area (Å²) in [6.07, 6.45) is 3.79. The molecule has 0 fully saturated rings. The number of carbonyl (C=O) groups excluding carboxylic acids is 1. The standard InChI is InChI=1S/C29H40N4O8S/c1-29(2,3)41-28(34)33(4)26-12-8-24(9-13-26)6-7-25-10-14-27(15-11-25)39-21-19-37-17-18-38-20-22-40-42(35,36)23-5-16-31-32-30/h6-15H,5,16-23H2,1-4H3/b7-6+. The van der Waals surface area contributed by atoms with Gasteiger partial charge in [-0.1, -0.05) is 41.5 Å². The maximum Gasteiger partial charge on any atom is 0.414 e. The van der Waals surface area contributed by atoms with Crippen molar-refractivity contribution in [1.82, 2.24) is 0 Å². The van der Waals surface area contributed by atoms with Gasteiger partial charge >= 0.3 is 6.09 Å². The number of amides is 1. The molecule has 0 aliphatic heterocycles. The van der Waals surface area contributed by atoms with Crippen LogP contribution < -0.4 is 9.64 Å². The van der Waals surface area contributed by atoms with Gasteiger partial charge in [0.1, 0.15) is 18.0 Å². The monoisotopic (exact) mass is 604 g/mol. The highest BCUT2D eigenvalue weighted by molar-refractivity contribution is 7.86. The zero-order valence-corrected chi connectivity index (χ0v) is 25.4. The van der Waals surface area contributed by atoms with Crippen LogP contribution in [0, 0.1) is 0 Å². The van der Waals surface area contributed by atoms with Crippen molar-refractivity contribution in [3.05, 3.63) is 70.1 Å². The minimum atomic E-state index is -3.65. The quantitative estimate of drug-likeness (QED) is 0.0526. The summed E-state index contributed by atoms with van der Waals surface area (Å²) in [4.78, 5) is 16.3. The first kappa shape index (κ1) is 34.6. The minimum absolute atomic E-state index is 0.0854. The minimum Gasteiger partial charge on any atom is -0.491 e. The largest absolute Gasteiger partial charge is 0.491 e. The molecule has 0 atom stereocenters. The molecule has 0 unspecified atom stereocenters. The number of hydrogen-bond donors (Lipinski definition) is 0. The average Bonchev–Trinajstić information content (AvgIpc) is 2.95. The predicted octanol–water partition coefficient (Wildman–Crippen LogP) is 5.69. The number of benzene rings is 2. The van der Waals surface area contributed by atoms with Gasteiger partial charge in [0, 0.05) is 24.2 Å². The van der Waals surface area contributed by atoms with Crippen LogP contribution in [0.1, 0.15) is 38.3 Å². The maximum atomic E-state index is 12.2. The summed E-state index contributed by atoms with van der Waals surface area (Å²) in [5.41, 5.74) is 10.4. The molecule has 230 valence electrons. The molecule has 0 aromatic heterocycles. The van der Waals surface area contributed by atoms with Crippen LogP contribution in [0.4, 0.5) is 10.5 Å². The Hall–Kier alpha value is -3.61. The number of hydrogen-bond acceptors (Lipinski definition) is 9. The summed E-state index contributed by atoms with van der Waals surface area (Å²) in [7, 11) is -1.97. The lowest BCUT2D eigenvalue weighted by atomic mass is 10.1. The van der Waals surface area contributed by atoms with Crippen molar-refractivity contribution in [3.8, 4) is 5.75 Å². The molecular formula is C29H40N4O8S. The van der Waals surface area contributed by atoms with Crippen molar-refractivity contribution in [2.24, 2.45) is 5.11 Å². The van der Waals surface area contributed by atoms with Gasteiger partial charge < -0.3 is 18.9 Å². The molecule has 0 aliphatic carbocycles. The molecule has 13 heteroatoms. The van der Waals surface area contributed by atoms with E-state index < -0.39 is 21.8 Å². The molecule has 0 saturated heterocycles. The first-order valence-electron chi connectivity index (χ1n) is 13.5. The van der Waals surface area contributed by atoms with E-state index in [0.717, 1.165) is 22.6 Å². The summed E-state index contributed by atoms with van der Waals surface area (Å²) >= 11 is 0. The van der Waals surface area contributed by atoms with Crippen LogP contribution >= 0.6 is 0 Å². The molecule has 2 aromatic carbocycles. The highest BCUT2D eigenvalue weighted by Crippen LogP contribution is 2.19. The first-order chi connectivity index (χ1) is 20.0.